The number of carbonyl (C=O) groups is 2. The standard InChI is InChI=1S/C21H25NO5/c1-3-26-18-9-4-16(5-10-18)8-13-20(23)22(2)14-17-6-11-19(12-7-17)27-15-21(24)25/h4-7,9-12H,3,8,13-15H2,1-2H3,(H,24,25). The van der Waals surface area contributed by atoms with E-state index in [1.807, 2.05) is 43.3 Å². The van der Waals surface area contributed by atoms with Crippen molar-refractivity contribution in [1.82, 2.24) is 4.90 Å². The molecule has 0 aromatic heterocycles. The molecule has 1 N–H and O–H groups in total. The van der Waals surface area contributed by atoms with Crippen LogP contribution in [0.3, 0.4) is 0 Å². The number of aliphatic carboxylic acids is 1. The molecule has 0 saturated heterocycles. The molecule has 6 nitrogen and oxygen atoms in total. The molecule has 1 amide bonds. The zero-order valence-corrected chi connectivity index (χ0v) is 15.7. The third-order valence-electron chi connectivity index (χ3n) is 3.99. The van der Waals surface area contributed by atoms with Crippen LogP contribution in [0.15, 0.2) is 48.5 Å². The summed E-state index contributed by atoms with van der Waals surface area (Å²) >= 11 is 0. The fourth-order valence-electron chi connectivity index (χ4n) is 2.56. The van der Waals surface area contributed by atoms with Crippen molar-refractivity contribution in [2.45, 2.75) is 26.3 Å². The fourth-order valence-corrected chi connectivity index (χ4v) is 2.56. The first-order chi connectivity index (χ1) is 13.0. The molecule has 0 spiro atoms. The van der Waals surface area contributed by atoms with Gasteiger partial charge in [0.25, 0.3) is 0 Å². The van der Waals surface area contributed by atoms with Gasteiger partial charge in [-0.3, -0.25) is 4.79 Å². The van der Waals surface area contributed by atoms with Crippen LogP contribution in [0, 0.1) is 0 Å². The number of hydrogen-bond donors (Lipinski definition) is 1. The quantitative estimate of drug-likeness (QED) is 0.694. The van der Waals surface area contributed by atoms with Crippen molar-refractivity contribution in [2.75, 3.05) is 20.3 Å². The predicted molar refractivity (Wildman–Crippen MR) is 102 cm³/mol. The molecule has 0 fully saturated rings. The maximum absolute atomic E-state index is 12.3. The summed E-state index contributed by atoms with van der Waals surface area (Å²) in [6.45, 7) is 2.69. The summed E-state index contributed by atoms with van der Waals surface area (Å²) in [4.78, 5) is 24.5. The van der Waals surface area contributed by atoms with Gasteiger partial charge in [0.15, 0.2) is 6.61 Å². The fraction of sp³-hybridized carbons (Fsp3) is 0.333. The minimum Gasteiger partial charge on any atom is -0.494 e. The molecule has 0 saturated carbocycles. The summed E-state index contributed by atoms with van der Waals surface area (Å²) in [5, 5.41) is 8.60. The second-order valence-electron chi connectivity index (χ2n) is 6.15. The maximum atomic E-state index is 12.3. The van der Waals surface area contributed by atoms with E-state index >= 15 is 0 Å². The Morgan fingerprint density at radius 1 is 0.926 bits per heavy atom. The summed E-state index contributed by atoms with van der Waals surface area (Å²) in [6.07, 6.45) is 1.11. The van der Waals surface area contributed by atoms with Gasteiger partial charge in [0.2, 0.25) is 5.91 Å². The summed E-state index contributed by atoms with van der Waals surface area (Å²) < 4.78 is 10.5. The zero-order valence-electron chi connectivity index (χ0n) is 15.7. The van der Waals surface area contributed by atoms with Crippen LogP contribution in [-0.2, 0) is 22.6 Å². The van der Waals surface area contributed by atoms with Gasteiger partial charge in [-0.1, -0.05) is 24.3 Å². The summed E-state index contributed by atoms with van der Waals surface area (Å²) in [5.41, 5.74) is 2.05. The van der Waals surface area contributed by atoms with Crippen LogP contribution in [0.2, 0.25) is 0 Å². The lowest BCUT2D eigenvalue weighted by molar-refractivity contribution is -0.139. The second-order valence-corrected chi connectivity index (χ2v) is 6.15. The number of ether oxygens (including phenoxy) is 2. The van der Waals surface area contributed by atoms with E-state index in [1.54, 1.807) is 24.1 Å². The van der Waals surface area contributed by atoms with Crippen molar-refractivity contribution in [1.29, 1.82) is 0 Å². The van der Waals surface area contributed by atoms with E-state index in [-0.39, 0.29) is 12.5 Å². The van der Waals surface area contributed by atoms with Crippen LogP contribution in [0.1, 0.15) is 24.5 Å². The Kier molecular flexibility index (Phi) is 7.67. The van der Waals surface area contributed by atoms with Gasteiger partial charge >= 0.3 is 5.97 Å². The van der Waals surface area contributed by atoms with Crippen LogP contribution in [0.5, 0.6) is 11.5 Å². The van der Waals surface area contributed by atoms with Gasteiger partial charge in [0.1, 0.15) is 11.5 Å². The van der Waals surface area contributed by atoms with Crippen LogP contribution in [0.4, 0.5) is 0 Å². The van der Waals surface area contributed by atoms with E-state index < -0.39 is 5.97 Å². The highest BCUT2D eigenvalue weighted by Crippen LogP contribution is 2.15. The number of hydrogen-bond acceptors (Lipinski definition) is 4. The molecule has 2 aromatic rings. The Balaban J connectivity index is 1.80. The van der Waals surface area contributed by atoms with E-state index in [2.05, 4.69) is 0 Å². The Hall–Kier alpha value is -3.02. The molecule has 0 radical (unpaired) electrons. The third-order valence-corrected chi connectivity index (χ3v) is 3.99. The number of benzene rings is 2. The van der Waals surface area contributed by atoms with Crippen LogP contribution in [0.25, 0.3) is 0 Å². The molecule has 27 heavy (non-hydrogen) atoms. The second kappa shape index (κ2) is 10.2. The van der Waals surface area contributed by atoms with Crippen molar-refractivity contribution in [3.63, 3.8) is 0 Å². The number of carboxylic acid groups (broad SMARTS) is 1. The van der Waals surface area contributed by atoms with Gasteiger partial charge < -0.3 is 19.5 Å². The molecule has 0 atom stereocenters. The predicted octanol–water partition coefficient (Wildman–Crippen LogP) is 3.14. The van der Waals surface area contributed by atoms with Crippen molar-refractivity contribution >= 4 is 11.9 Å². The molecule has 0 aliphatic heterocycles. The lowest BCUT2D eigenvalue weighted by Crippen LogP contribution is -2.26. The third kappa shape index (κ3) is 7.01. The van der Waals surface area contributed by atoms with Crippen molar-refractivity contribution < 1.29 is 24.2 Å². The van der Waals surface area contributed by atoms with Crippen LogP contribution >= 0.6 is 0 Å². The van der Waals surface area contributed by atoms with Gasteiger partial charge in [-0.05, 0) is 48.7 Å². The molecular weight excluding hydrogens is 346 g/mol. The molecule has 6 heteroatoms. The van der Waals surface area contributed by atoms with Gasteiger partial charge in [-0.25, -0.2) is 4.79 Å². The topological polar surface area (TPSA) is 76.1 Å². The molecule has 144 valence electrons. The number of aryl methyl sites for hydroxylation is 1. The van der Waals surface area contributed by atoms with Crippen LogP contribution < -0.4 is 9.47 Å². The van der Waals surface area contributed by atoms with Gasteiger partial charge in [-0.2, -0.15) is 0 Å². The highest BCUT2D eigenvalue weighted by Gasteiger charge is 2.10. The number of amides is 1. The smallest absolute Gasteiger partial charge is 0.341 e. The SMILES string of the molecule is CCOc1ccc(CCC(=O)N(C)Cc2ccc(OCC(=O)O)cc2)cc1. The lowest BCUT2D eigenvalue weighted by Gasteiger charge is -2.17. The lowest BCUT2D eigenvalue weighted by atomic mass is 10.1. The highest BCUT2D eigenvalue weighted by atomic mass is 16.5. The van der Waals surface area contributed by atoms with Crippen molar-refractivity contribution in [2.24, 2.45) is 0 Å². The van der Waals surface area contributed by atoms with Gasteiger partial charge in [0.05, 0.1) is 6.61 Å². The highest BCUT2D eigenvalue weighted by molar-refractivity contribution is 5.76. The monoisotopic (exact) mass is 371 g/mol. The van der Waals surface area contributed by atoms with E-state index in [4.69, 9.17) is 14.6 Å². The van der Waals surface area contributed by atoms with Crippen LogP contribution in [-0.4, -0.2) is 42.1 Å². The molecule has 0 bridgehead atoms. The van der Waals surface area contributed by atoms with E-state index in [0.717, 1.165) is 16.9 Å². The molecule has 0 heterocycles. The van der Waals surface area contributed by atoms with Crippen molar-refractivity contribution in [3.8, 4) is 11.5 Å². The summed E-state index contributed by atoms with van der Waals surface area (Å²) in [5.74, 6) is 0.373. The Morgan fingerprint density at radius 3 is 2.04 bits per heavy atom. The molecule has 0 aliphatic rings. The first-order valence-electron chi connectivity index (χ1n) is 8.87. The minimum atomic E-state index is -1.02. The first kappa shape index (κ1) is 20.3. The Bertz CT molecular complexity index is 740. The summed E-state index contributed by atoms with van der Waals surface area (Å²) in [7, 11) is 1.77. The molecule has 2 rings (SSSR count). The summed E-state index contributed by atoms with van der Waals surface area (Å²) in [6, 6.07) is 14.9. The first-order valence-corrected chi connectivity index (χ1v) is 8.87. The molecule has 0 aliphatic carbocycles. The average molecular weight is 371 g/mol. The van der Waals surface area contributed by atoms with Gasteiger partial charge in [0, 0.05) is 20.0 Å². The Labute approximate surface area is 159 Å². The number of nitrogens with zero attached hydrogens (tertiary/aromatic N) is 1. The number of carbonyl (C=O) groups excluding carboxylic acids is 1. The average Bonchev–Trinajstić information content (AvgIpc) is 2.66. The maximum Gasteiger partial charge on any atom is 0.341 e. The Morgan fingerprint density at radius 2 is 1.48 bits per heavy atom. The normalized spacial score (nSPS) is 10.3. The number of rotatable bonds is 10. The van der Waals surface area contributed by atoms with E-state index in [1.165, 1.54) is 0 Å². The zero-order chi connectivity index (χ0) is 19.6. The minimum absolute atomic E-state index is 0.0649. The van der Waals surface area contributed by atoms with Crippen molar-refractivity contribution in [3.05, 3.63) is 59.7 Å². The largest absolute Gasteiger partial charge is 0.494 e. The van der Waals surface area contributed by atoms with E-state index in [0.29, 0.717) is 31.7 Å². The number of carboxylic acids is 1. The molecule has 0 unspecified atom stereocenters. The van der Waals surface area contributed by atoms with Gasteiger partial charge in [-0.15, -0.1) is 0 Å². The van der Waals surface area contributed by atoms with E-state index in [9.17, 15) is 9.59 Å². The molecular formula is C21H25NO5. The molecule has 2 aromatic carbocycles.